The summed E-state index contributed by atoms with van der Waals surface area (Å²) in [4.78, 5) is 0. The Hall–Kier alpha value is -0.0500. The van der Waals surface area contributed by atoms with E-state index in [9.17, 15) is 0 Å². The SMILES string of the molecule is CC1CCCC(CCNCc2cc(Cl)ccc2Br)C1. The normalized spacial score (nSPS) is 23.5. The first kappa shape index (κ1) is 15.3. The molecule has 0 aliphatic heterocycles. The van der Waals surface area contributed by atoms with Crippen LogP contribution in [-0.4, -0.2) is 6.54 Å². The van der Waals surface area contributed by atoms with E-state index in [0.29, 0.717) is 0 Å². The van der Waals surface area contributed by atoms with Crippen molar-refractivity contribution in [1.82, 2.24) is 5.32 Å². The molecule has 0 spiro atoms. The third kappa shape index (κ3) is 5.09. The van der Waals surface area contributed by atoms with E-state index >= 15 is 0 Å². The number of halogens is 2. The molecule has 0 radical (unpaired) electrons. The van der Waals surface area contributed by atoms with Crippen molar-refractivity contribution in [3.63, 3.8) is 0 Å². The summed E-state index contributed by atoms with van der Waals surface area (Å²) in [6, 6.07) is 5.96. The Balaban J connectivity index is 1.70. The minimum absolute atomic E-state index is 0.807. The molecule has 2 rings (SSSR count). The van der Waals surface area contributed by atoms with Crippen molar-refractivity contribution < 1.29 is 0 Å². The van der Waals surface area contributed by atoms with Gasteiger partial charge >= 0.3 is 0 Å². The molecule has 0 heterocycles. The highest BCUT2D eigenvalue weighted by Crippen LogP contribution is 2.30. The second-order valence-corrected chi connectivity index (χ2v) is 7.13. The third-order valence-corrected chi connectivity index (χ3v) is 5.11. The first-order chi connectivity index (χ1) is 9.15. The Kier molecular flexibility index (Phi) is 6.18. The van der Waals surface area contributed by atoms with Crippen LogP contribution in [0.1, 0.15) is 44.6 Å². The summed E-state index contributed by atoms with van der Waals surface area (Å²) < 4.78 is 1.13. The zero-order valence-electron chi connectivity index (χ0n) is 11.6. The van der Waals surface area contributed by atoms with Gasteiger partial charge in [0.2, 0.25) is 0 Å². The fourth-order valence-corrected chi connectivity index (χ4v) is 3.61. The Bertz CT molecular complexity index is 408. The van der Waals surface area contributed by atoms with Crippen molar-refractivity contribution >= 4 is 27.5 Å². The average Bonchev–Trinajstić information content (AvgIpc) is 2.39. The average molecular weight is 345 g/mol. The number of nitrogens with one attached hydrogen (secondary N) is 1. The van der Waals surface area contributed by atoms with E-state index in [0.717, 1.165) is 34.4 Å². The molecule has 0 aromatic heterocycles. The van der Waals surface area contributed by atoms with Gasteiger partial charge in [-0.15, -0.1) is 0 Å². The number of hydrogen-bond acceptors (Lipinski definition) is 1. The molecule has 1 aromatic carbocycles. The van der Waals surface area contributed by atoms with Gasteiger partial charge in [-0.25, -0.2) is 0 Å². The molecule has 1 N–H and O–H groups in total. The highest BCUT2D eigenvalue weighted by Gasteiger charge is 2.18. The minimum atomic E-state index is 0.807. The molecule has 0 bridgehead atoms. The molecule has 1 saturated carbocycles. The first-order valence-electron chi connectivity index (χ1n) is 7.30. The maximum absolute atomic E-state index is 6.02. The molecular weight excluding hydrogens is 322 g/mol. The molecular formula is C16H23BrClN. The maximum Gasteiger partial charge on any atom is 0.0410 e. The summed E-state index contributed by atoms with van der Waals surface area (Å²) in [5.74, 6) is 1.86. The molecule has 3 heteroatoms. The van der Waals surface area contributed by atoms with Crippen LogP contribution in [0.4, 0.5) is 0 Å². The van der Waals surface area contributed by atoms with E-state index in [1.807, 2.05) is 18.2 Å². The fraction of sp³-hybridized carbons (Fsp3) is 0.625. The summed E-state index contributed by atoms with van der Waals surface area (Å²) in [7, 11) is 0. The highest BCUT2D eigenvalue weighted by atomic mass is 79.9. The molecule has 2 unspecified atom stereocenters. The summed E-state index contributed by atoms with van der Waals surface area (Å²) >= 11 is 9.59. The van der Waals surface area contributed by atoms with Crippen LogP contribution in [0.5, 0.6) is 0 Å². The van der Waals surface area contributed by atoms with Crippen molar-refractivity contribution in [2.45, 2.75) is 45.6 Å². The van der Waals surface area contributed by atoms with Gasteiger partial charge in [-0.1, -0.05) is 53.7 Å². The smallest absolute Gasteiger partial charge is 0.0410 e. The Morgan fingerprint density at radius 1 is 1.37 bits per heavy atom. The molecule has 1 nitrogen and oxygen atoms in total. The van der Waals surface area contributed by atoms with E-state index in [2.05, 4.69) is 28.2 Å². The van der Waals surface area contributed by atoms with Crippen LogP contribution >= 0.6 is 27.5 Å². The largest absolute Gasteiger partial charge is 0.313 e. The predicted molar refractivity (Wildman–Crippen MR) is 86.6 cm³/mol. The van der Waals surface area contributed by atoms with Gasteiger partial charge in [-0.3, -0.25) is 0 Å². The van der Waals surface area contributed by atoms with Gasteiger partial charge in [0.25, 0.3) is 0 Å². The lowest BCUT2D eigenvalue weighted by molar-refractivity contribution is 0.267. The third-order valence-electron chi connectivity index (χ3n) is 4.10. The van der Waals surface area contributed by atoms with Crippen LogP contribution in [-0.2, 0) is 6.54 Å². The Labute approximate surface area is 130 Å². The number of rotatable bonds is 5. The summed E-state index contributed by atoms with van der Waals surface area (Å²) in [6.07, 6.45) is 7.00. The molecule has 1 aliphatic rings. The van der Waals surface area contributed by atoms with Gasteiger partial charge in [0, 0.05) is 16.0 Å². The molecule has 19 heavy (non-hydrogen) atoms. The lowest BCUT2D eigenvalue weighted by Crippen LogP contribution is -2.21. The molecule has 0 saturated heterocycles. The number of benzene rings is 1. The molecule has 1 aromatic rings. The Morgan fingerprint density at radius 3 is 3.00 bits per heavy atom. The van der Waals surface area contributed by atoms with Crippen molar-refractivity contribution in [3.05, 3.63) is 33.3 Å². The van der Waals surface area contributed by atoms with Gasteiger partial charge in [0.1, 0.15) is 0 Å². The molecule has 106 valence electrons. The van der Waals surface area contributed by atoms with Crippen LogP contribution in [0.25, 0.3) is 0 Å². The van der Waals surface area contributed by atoms with E-state index < -0.39 is 0 Å². The van der Waals surface area contributed by atoms with E-state index in [1.165, 1.54) is 37.7 Å². The topological polar surface area (TPSA) is 12.0 Å². The predicted octanol–water partition coefficient (Wildman–Crippen LogP) is 5.41. The zero-order valence-corrected chi connectivity index (χ0v) is 13.9. The van der Waals surface area contributed by atoms with E-state index in [4.69, 9.17) is 11.6 Å². The van der Waals surface area contributed by atoms with Crippen LogP contribution < -0.4 is 5.32 Å². The monoisotopic (exact) mass is 343 g/mol. The summed E-state index contributed by atoms with van der Waals surface area (Å²) in [6.45, 7) is 4.39. The molecule has 0 amide bonds. The second kappa shape index (κ2) is 7.66. The minimum Gasteiger partial charge on any atom is -0.313 e. The quantitative estimate of drug-likeness (QED) is 0.704. The first-order valence-corrected chi connectivity index (χ1v) is 8.47. The van der Waals surface area contributed by atoms with Crippen LogP contribution in [0.15, 0.2) is 22.7 Å². The maximum atomic E-state index is 6.02. The van der Waals surface area contributed by atoms with E-state index in [-0.39, 0.29) is 0 Å². The zero-order chi connectivity index (χ0) is 13.7. The highest BCUT2D eigenvalue weighted by molar-refractivity contribution is 9.10. The fourth-order valence-electron chi connectivity index (χ4n) is 3.03. The summed E-state index contributed by atoms with van der Waals surface area (Å²) in [5.41, 5.74) is 1.24. The lowest BCUT2D eigenvalue weighted by Gasteiger charge is -2.26. The lowest BCUT2D eigenvalue weighted by atomic mass is 9.81. The van der Waals surface area contributed by atoms with Crippen LogP contribution in [0.3, 0.4) is 0 Å². The van der Waals surface area contributed by atoms with Gasteiger partial charge < -0.3 is 5.32 Å². The molecule has 2 atom stereocenters. The number of hydrogen-bond donors (Lipinski definition) is 1. The van der Waals surface area contributed by atoms with Crippen molar-refractivity contribution in [2.24, 2.45) is 11.8 Å². The van der Waals surface area contributed by atoms with Crippen molar-refractivity contribution in [2.75, 3.05) is 6.54 Å². The van der Waals surface area contributed by atoms with Gasteiger partial charge in [0.15, 0.2) is 0 Å². The second-order valence-electron chi connectivity index (χ2n) is 5.84. The van der Waals surface area contributed by atoms with Gasteiger partial charge in [0.05, 0.1) is 0 Å². The van der Waals surface area contributed by atoms with Crippen LogP contribution in [0, 0.1) is 11.8 Å². The van der Waals surface area contributed by atoms with Gasteiger partial charge in [-0.05, 0) is 55.0 Å². The summed E-state index contributed by atoms with van der Waals surface area (Å²) in [5, 5.41) is 4.35. The van der Waals surface area contributed by atoms with E-state index in [1.54, 1.807) is 0 Å². The van der Waals surface area contributed by atoms with Crippen molar-refractivity contribution in [3.8, 4) is 0 Å². The van der Waals surface area contributed by atoms with Crippen LogP contribution in [0.2, 0.25) is 5.02 Å². The Morgan fingerprint density at radius 2 is 2.21 bits per heavy atom. The molecule has 1 aliphatic carbocycles. The van der Waals surface area contributed by atoms with Crippen molar-refractivity contribution in [1.29, 1.82) is 0 Å². The molecule has 1 fully saturated rings. The standard InChI is InChI=1S/C16H23BrClN/c1-12-3-2-4-13(9-12)7-8-19-11-14-10-15(18)5-6-16(14)17/h5-6,10,12-13,19H,2-4,7-9,11H2,1H3. The van der Waals surface area contributed by atoms with Gasteiger partial charge in [-0.2, -0.15) is 0 Å².